The number of fused-ring (bicyclic) bond motifs is 2. The molecule has 56 valence electrons. The zero-order valence-electron chi connectivity index (χ0n) is 5.62. The molecular weight excluding hydrogens is 132 g/mol. The van der Waals surface area contributed by atoms with Gasteiger partial charge >= 0.3 is 0 Å². The molecule has 3 aliphatic rings. The molecule has 3 rings (SSSR count). The van der Waals surface area contributed by atoms with Crippen molar-refractivity contribution < 1.29 is 9.53 Å². The van der Waals surface area contributed by atoms with Gasteiger partial charge in [-0.15, -0.1) is 0 Å². The first-order valence-electron chi connectivity index (χ1n) is 3.48. The summed E-state index contributed by atoms with van der Waals surface area (Å²) in [4.78, 5) is 9.91. The third-order valence-electron chi connectivity index (χ3n) is 2.05. The van der Waals surface area contributed by atoms with Crippen LogP contribution in [0.4, 0.5) is 0 Å². The Labute approximate surface area is 59.1 Å². The minimum Gasteiger partial charge on any atom is -0.447 e. The van der Waals surface area contributed by atoms with Gasteiger partial charge in [-0.05, 0) is 5.92 Å². The Morgan fingerprint density at radius 2 is 2.40 bits per heavy atom. The van der Waals surface area contributed by atoms with Gasteiger partial charge in [0.05, 0.1) is 0 Å². The highest BCUT2D eigenvalue weighted by atomic mass is 16.5. The summed E-state index contributed by atoms with van der Waals surface area (Å²) in [5.41, 5.74) is 3.06. The molecule has 4 nitrogen and oxygen atoms in total. The zero-order chi connectivity index (χ0) is 6.97. The normalized spacial score (nSPS) is 43.8. The molecule has 3 heterocycles. The minimum atomic E-state index is -0.0648. The van der Waals surface area contributed by atoms with Gasteiger partial charge in [0.25, 0.3) is 6.47 Å². The van der Waals surface area contributed by atoms with Crippen molar-refractivity contribution in [2.24, 2.45) is 5.92 Å². The highest BCUT2D eigenvalue weighted by molar-refractivity contribution is 5.37. The Kier molecular flexibility index (Phi) is 1.35. The number of ether oxygens (including phenoxy) is 1. The van der Waals surface area contributed by atoms with Gasteiger partial charge in [-0.25, -0.2) is 10.4 Å². The average molecular weight is 142 g/mol. The van der Waals surface area contributed by atoms with Crippen LogP contribution in [0.25, 0.3) is 0 Å². The summed E-state index contributed by atoms with van der Waals surface area (Å²) in [6, 6.07) is 0. The van der Waals surface area contributed by atoms with Gasteiger partial charge in [-0.2, -0.15) is 0 Å². The van der Waals surface area contributed by atoms with Gasteiger partial charge in [0.15, 0.2) is 6.23 Å². The lowest BCUT2D eigenvalue weighted by atomic mass is 9.95. The standard InChI is InChI=1S/C6H10N2O2/c9-4-10-6-1-5-2-8(3-5)7-6/h4-7H,1-3H2. The SMILES string of the molecule is O=COC1CC2CN(C2)N1. The first kappa shape index (κ1) is 6.12. The van der Waals surface area contributed by atoms with Gasteiger partial charge in [-0.1, -0.05) is 0 Å². The summed E-state index contributed by atoms with van der Waals surface area (Å²) in [6.07, 6.45) is 0.903. The molecule has 3 aliphatic heterocycles. The molecule has 0 spiro atoms. The fourth-order valence-electron chi connectivity index (χ4n) is 1.54. The maximum absolute atomic E-state index is 9.91. The van der Waals surface area contributed by atoms with Crippen LogP contribution in [0.2, 0.25) is 0 Å². The molecule has 3 fully saturated rings. The van der Waals surface area contributed by atoms with Crippen molar-refractivity contribution in [3.63, 3.8) is 0 Å². The lowest BCUT2D eigenvalue weighted by Gasteiger charge is -2.47. The second kappa shape index (κ2) is 2.21. The van der Waals surface area contributed by atoms with E-state index in [0.717, 1.165) is 25.4 Å². The molecule has 0 aromatic carbocycles. The lowest BCUT2D eigenvalue weighted by molar-refractivity contribution is -0.156. The van der Waals surface area contributed by atoms with Crippen molar-refractivity contribution >= 4 is 6.47 Å². The Morgan fingerprint density at radius 1 is 1.60 bits per heavy atom. The summed E-state index contributed by atoms with van der Waals surface area (Å²) >= 11 is 0. The number of hydrogen-bond donors (Lipinski definition) is 1. The van der Waals surface area contributed by atoms with Gasteiger partial charge in [0.2, 0.25) is 0 Å². The first-order valence-corrected chi connectivity index (χ1v) is 3.48. The third kappa shape index (κ3) is 0.892. The first-order chi connectivity index (χ1) is 4.88. The van der Waals surface area contributed by atoms with E-state index in [-0.39, 0.29) is 6.23 Å². The number of rotatable bonds is 2. The van der Waals surface area contributed by atoms with E-state index in [1.807, 2.05) is 0 Å². The molecule has 10 heavy (non-hydrogen) atoms. The second-order valence-corrected chi connectivity index (χ2v) is 2.86. The van der Waals surface area contributed by atoms with E-state index in [0.29, 0.717) is 6.47 Å². The molecule has 0 aliphatic carbocycles. The highest BCUT2D eigenvalue weighted by Gasteiger charge is 2.36. The average Bonchev–Trinajstić information content (AvgIpc) is 1.87. The number of nitrogens with one attached hydrogen (secondary N) is 1. The van der Waals surface area contributed by atoms with E-state index >= 15 is 0 Å². The molecule has 0 radical (unpaired) electrons. The van der Waals surface area contributed by atoms with Crippen LogP contribution in [-0.2, 0) is 9.53 Å². The van der Waals surface area contributed by atoms with Crippen LogP contribution in [0.5, 0.6) is 0 Å². The molecule has 0 saturated carbocycles. The summed E-state index contributed by atoms with van der Waals surface area (Å²) in [6.45, 7) is 2.72. The third-order valence-corrected chi connectivity index (χ3v) is 2.05. The molecule has 2 bridgehead atoms. The van der Waals surface area contributed by atoms with Crippen molar-refractivity contribution in [1.29, 1.82) is 0 Å². The Bertz CT molecular complexity index is 135. The highest BCUT2D eigenvalue weighted by Crippen LogP contribution is 2.24. The molecule has 0 amide bonds. The predicted octanol–water partition coefficient (Wildman–Crippen LogP) is -0.674. The van der Waals surface area contributed by atoms with Crippen molar-refractivity contribution in [1.82, 2.24) is 10.4 Å². The molecule has 0 aromatic rings. The van der Waals surface area contributed by atoms with Crippen LogP contribution in [0.3, 0.4) is 0 Å². The summed E-state index contributed by atoms with van der Waals surface area (Å²) < 4.78 is 4.75. The fraction of sp³-hybridized carbons (Fsp3) is 0.833. The van der Waals surface area contributed by atoms with Crippen LogP contribution >= 0.6 is 0 Å². The van der Waals surface area contributed by atoms with Gasteiger partial charge in [0, 0.05) is 19.5 Å². The lowest BCUT2D eigenvalue weighted by Crippen LogP contribution is -2.64. The van der Waals surface area contributed by atoms with Crippen molar-refractivity contribution in [3.05, 3.63) is 0 Å². The van der Waals surface area contributed by atoms with Gasteiger partial charge < -0.3 is 4.74 Å². The van der Waals surface area contributed by atoms with E-state index in [1.165, 1.54) is 0 Å². The molecule has 0 aromatic heterocycles. The van der Waals surface area contributed by atoms with Crippen molar-refractivity contribution in [2.75, 3.05) is 13.1 Å². The Balaban J connectivity index is 1.85. The Morgan fingerprint density at radius 3 is 2.90 bits per heavy atom. The summed E-state index contributed by atoms with van der Waals surface area (Å²) in [5, 5.41) is 2.07. The van der Waals surface area contributed by atoms with Gasteiger partial charge in [-0.3, -0.25) is 4.79 Å². The zero-order valence-corrected chi connectivity index (χ0v) is 5.62. The maximum atomic E-state index is 9.91. The molecular formula is C6H10N2O2. The van der Waals surface area contributed by atoms with Crippen LogP contribution in [0, 0.1) is 5.92 Å². The molecule has 1 atom stereocenters. The summed E-state index contributed by atoms with van der Waals surface area (Å²) in [5.74, 6) is 0.742. The van der Waals surface area contributed by atoms with E-state index in [4.69, 9.17) is 4.74 Å². The fourth-order valence-corrected chi connectivity index (χ4v) is 1.54. The molecule has 3 saturated heterocycles. The maximum Gasteiger partial charge on any atom is 0.294 e. The number of nitrogens with zero attached hydrogens (tertiary/aromatic N) is 1. The quantitative estimate of drug-likeness (QED) is 0.519. The van der Waals surface area contributed by atoms with Crippen LogP contribution < -0.4 is 5.43 Å². The smallest absolute Gasteiger partial charge is 0.294 e. The molecule has 4 heteroatoms. The number of hydrogen-bond acceptors (Lipinski definition) is 4. The summed E-state index contributed by atoms with van der Waals surface area (Å²) in [7, 11) is 0. The molecule has 1 unspecified atom stereocenters. The predicted molar refractivity (Wildman–Crippen MR) is 33.8 cm³/mol. The van der Waals surface area contributed by atoms with Crippen LogP contribution in [0.1, 0.15) is 6.42 Å². The molecule has 1 N–H and O–H groups in total. The topological polar surface area (TPSA) is 41.6 Å². The minimum absolute atomic E-state index is 0.0648. The van der Waals surface area contributed by atoms with Crippen molar-refractivity contribution in [3.8, 4) is 0 Å². The largest absolute Gasteiger partial charge is 0.447 e. The second-order valence-electron chi connectivity index (χ2n) is 2.86. The van der Waals surface area contributed by atoms with Crippen LogP contribution in [0.15, 0.2) is 0 Å². The number of hydrazine groups is 1. The van der Waals surface area contributed by atoms with Gasteiger partial charge in [0.1, 0.15) is 0 Å². The Hall–Kier alpha value is -0.610. The monoisotopic (exact) mass is 142 g/mol. The number of carbonyl (C=O) groups is 1. The van der Waals surface area contributed by atoms with E-state index in [9.17, 15) is 4.79 Å². The van der Waals surface area contributed by atoms with E-state index in [2.05, 4.69) is 10.4 Å². The van der Waals surface area contributed by atoms with E-state index < -0.39 is 0 Å². The van der Waals surface area contributed by atoms with E-state index in [1.54, 1.807) is 0 Å². The number of carbonyl (C=O) groups excluding carboxylic acids is 1. The van der Waals surface area contributed by atoms with Crippen molar-refractivity contribution in [2.45, 2.75) is 12.6 Å². The van der Waals surface area contributed by atoms with Crippen LogP contribution in [-0.4, -0.2) is 30.8 Å².